The number of hydrogen-bond acceptors (Lipinski definition) is 4. The minimum Gasteiger partial charge on any atom is -0.354 e. The van der Waals surface area contributed by atoms with Crippen LogP contribution in [0.1, 0.15) is 58.8 Å². The molecule has 2 amide bonds. The van der Waals surface area contributed by atoms with Crippen LogP contribution in [0, 0.1) is 0 Å². The first-order valence-corrected chi connectivity index (χ1v) is 9.91. The Bertz CT molecular complexity index is 488. The van der Waals surface area contributed by atoms with Crippen molar-refractivity contribution in [3.8, 4) is 0 Å². The van der Waals surface area contributed by atoms with Gasteiger partial charge in [0.15, 0.2) is 0 Å². The number of rotatable bonds is 7. The number of carbonyl (C=O) groups is 2. The Hall–Kier alpha value is -1.11. The maximum absolute atomic E-state index is 11.9. The Labute approximate surface area is 133 Å². The van der Waals surface area contributed by atoms with Crippen LogP contribution in [0.4, 0.5) is 0 Å². The van der Waals surface area contributed by atoms with Crippen molar-refractivity contribution in [3.63, 3.8) is 0 Å². The molecule has 2 atom stereocenters. The van der Waals surface area contributed by atoms with Gasteiger partial charge in [0.1, 0.15) is 9.84 Å². The highest BCUT2D eigenvalue weighted by molar-refractivity contribution is 7.91. The van der Waals surface area contributed by atoms with Crippen molar-refractivity contribution < 1.29 is 18.0 Å². The van der Waals surface area contributed by atoms with Crippen molar-refractivity contribution in [2.24, 2.45) is 0 Å². The van der Waals surface area contributed by atoms with Gasteiger partial charge in [0.25, 0.3) is 0 Å². The van der Waals surface area contributed by atoms with Gasteiger partial charge >= 0.3 is 0 Å². The lowest BCUT2D eigenvalue weighted by Gasteiger charge is -2.28. The molecule has 1 fully saturated rings. The van der Waals surface area contributed by atoms with Gasteiger partial charge in [-0.2, -0.15) is 0 Å². The first-order chi connectivity index (χ1) is 10.2. The molecule has 0 aromatic carbocycles. The van der Waals surface area contributed by atoms with E-state index in [9.17, 15) is 18.0 Å². The second-order valence-electron chi connectivity index (χ2n) is 6.46. The minimum atomic E-state index is -3.04. The highest BCUT2D eigenvalue weighted by Crippen LogP contribution is 2.23. The first kappa shape index (κ1) is 18.9. The fraction of sp³-hybridized carbons (Fsp3) is 0.867. The molecule has 1 saturated carbocycles. The lowest BCUT2D eigenvalue weighted by molar-refractivity contribution is -0.123. The van der Waals surface area contributed by atoms with Gasteiger partial charge in [-0.3, -0.25) is 9.59 Å². The average molecular weight is 332 g/mol. The first-order valence-electron chi connectivity index (χ1n) is 7.96. The summed E-state index contributed by atoms with van der Waals surface area (Å²) in [5.41, 5.74) is 0. The van der Waals surface area contributed by atoms with Crippen LogP contribution >= 0.6 is 0 Å². The number of sulfone groups is 1. The van der Waals surface area contributed by atoms with Crippen LogP contribution in [0.3, 0.4) is 0 Å². The number of hydrogen-bond donors (Lipinski definition) is 2. The fourth-order valence-corrected chi connectivity index (χ4v) is 3.95. The van der Waals surface area contributed by atoms with Crippen molar-refractivity contribution in [1.82, 2.24) is 10.6 Å². The summed E-state index contributed by atoms with van der Waals surface area (Å²) in [5, 5.41) is 5.34. The summed E-state index contributed by atoms with van der Waals surface area (Å²) in [5.74, 6) is -0.144. The summed E-state index contributed by atoms with van der Waals surface area (Å²) < 4.78 is 23.2. The molecular weight excluding hydrogens is 304 g/mol. The van der Waals surface area contributed by atoms with E-state index in [1.807, 2.05) is 13.8 Å². The Kier molecular flexibility index (Phi) is 7.32. The molecule has 22 heavy (non-hydrogen) atoms. The lowest BCUT2D eigenvalue weighted by Crippen LogP contribution is -2.41. The van der Waals surface area contributed by atoms with E-state index in [1.54, 1.807) is 0 Å². The number of carbonyl (C=O) groups excluding carboxylic acids is 2. The maximum atomic E-state index is 11.9. The second kappa shape index (κ2) is 8.50. The summed E-state index contributed by atoms with van der Waals surface area (Å²) in [7, 11) is -3.04. The predicted octanol–water partition coefficient (Wildman–Crippen LogP) is 1.15. The molecule has 1 aliphatic rings. The third kappa shape index (κ3) is 7.24. The van der Waals surface area contributed by atoms with Gasteiger partial charge in [0.2, 0.25) is 11.8 Å². The summed E-state index contributed by atoms with van der Waals surface area (Å²) in [6.07, 6.45) is 5.22. The van der Waals surface area contributed by atoms with E-state index >= 15 is 0 Å². The third-order valence-corrected chi connectivity index (χ3v) is 5.49. The van der Waals surface area contributed by atoms with Crippen molar-refractivity contribution in [2.45, 2.75) is 76.1 Å². The maximum Gasteiger partial charge on any atom is 0.220 e. The summed E-state index contributed by atoms with van der Waals surface area (Å²) in [4.78, 5) is 23.3. The highest BCUT2D eigenvalue weighted by Gasteiger charge is 2.29. The molecule has 128 valence electrons. The third-order valence-electron chi connectivity index (χ3n) is 3.85. The summed E-state index contributed by atoms with van der Waals surface area (Å²) >= 11 is 0. The van der Waals surface area contributed by atoms with Crippen molar-refractivity contribution in [3.05, 3.63) is 0 Å². The van der Waals surface area contributed by atoms with Crippen LogP contribution in [0.25, 0.3) is 0 Å². The van der Waals surface area contributed by atoms with Gasteiger partial charge in [-0.05, 0) is 39.5 Å². The van der Waals surface area contributed by atoms with Crippen LogP contribution in [0.15, 0.2) is 0 Å². The van der Waals surface area contributed by atoms with E-state index in [0.717, 1.165) is 12.8 Å². The molecule has 2 N–H and O–H groups in total. The molecular formula is C15H28N2O4S. The van der Waals surface area contributed by atoms with E-state index in [2.05, 4.69) is 10.6 Å². The van der Waals surface area contributed by atoms with Crippen LogP contribution in [-0.2, 0) is 19.4 Å². The Balaban J connectivity index is 2.29. The van der Waals surface area contributed by atoms with Gasteiger partial charge in [-0.15, -0.1) is 0 Å². The van der Waals surface area contributed by atoms with Gasteiger partial charge in [-0.25, -0.2) is 8.42 Å². The standard InChI is InChI=1S/C15H28N2O4S/c1-11(2)16-14(18)8-5-9-15(19)17-12-6-4-7-13(10-12)22(3,20)21/h11-13H,4-10H2,1-3H3,(H,16,18)(H,17,19)/t12-,13-/m0/s1. The molecule has 0 aliphatic heterocycles. The van der Waals surface area contributed by atoms with E-state index in [1.165, 1.54) is 6.26 Å². The zero-order chi connectivity index (χ0) is 16.8. The molecule has 1 rings (SSSR count). The molecule has 0 heterocycles. The SMILES string of the molecule is CC(C)NC(=O)CCCC(=O)N[C@H]1CCC[C@H](S(C)(=O)=O)C1. The zero-order valence-corrected chi connectivity index (χ0v) is 14.5. The van der Waals surface area contributed by atoms with Crippen LogP contribution < -0.4 is 10.6 Å². The van der Waals surface area contributed by atoms with Crippen molar-refractivity contribution >= 4 is 21.7 Å². The Morgan fingerprint density at radius 3 is 2.36 bits per heavy atom. The normalized spacial score (nSPS) is 22.4. The second-order valence-corrected chi connectivity index (χ2v) is 8.78. The van der Waals surface area contributed by atoms with E-state index in [-0.39, 0.29) is 29.1 Å². The highest BCUT2D eigenvalue weighted by atomic mass is 32.2. The molecule has 0 bridgehead atoms. The monoisotopic (exact) mass is 332 g/mol. The molecule has 1 aliphatic carbocycles. The quantitative estimate of drug-likeness (QED) is 0.731. The smallest absolute Gasteiger partial charge is 0.220 e. The molecule has 0 spiro atoms. The number of amides is 2. The van der Waals surface area contributed by atoms with Crippen molar-refractivity contribution in [1.29, 1.82) is 0 Å². The summed E-state index contributed by atoms with van der Waals surface area (Å²) in [6.45, 7) is 3.79. The molecule has 6 nitrogen and oxygen atoms in total. The van der Waals surface area contributed by atoms with Crippen LogP contribution in [0.5, 0.6) is 0 Å². The molecule has 0 aromatic heterocycles. The molecule has 0 aromatic rings. The van der Waals surface area contributed by atoms with Crippen molar-refractivity contribution in [2.75, 3.05) is 6.26 Å². The van der Waals surface area contributed by atoms with E-state index in [4.69, 9.17) is 0 Å². The lowest BCUT2D eigenvalue weighted by atomic mass is 9.95. The van der Waals surface area contributed by atoms with Gasteiger partial charge in [-0.1, -0.05) is 6.42 Å². The molecule has 0 unspecified atom stereocenters. The van der Waals surface area contributed by atoms with Gasteiger partial charge in [0.05, 0.1) is 5.25 Å². The average Bonchev–Trinajstić information content (AvgIpc) is 2.37. The molecule has 0 radical (unpaired) electrons. The van der Waals surface area contributed by atoms with Gasteiger partial charge < -0.3 is 10.6 Å². The minimum absolute atomic E-state index is 0.0439. The molecule has 7 heteroatoms. The topological polar surface area (TPSA) is 92.3 Å². The largest absolute Gasteiger partial charge is 0.354 e. The Morgan fingerprint density at radius 2 is 1.77 bits per heavy atom. The number of nitrogens with one attached hydrogen (secondary N) is 2. The molecule has 0 saturated heterocycles. The predicted molar refractivity (Wildman–Crippen MR) is 86.2 cm³/mol. The van der Waals surface area contributed by atoms with Crippen LogP contribution in [0.2, 0.25) is 0 Å². The van der Waals surface area contributed by atoms with E-state index in [0.29, 0.717) is 32.1 Å². The Morgan fingerprint density at radius 1 is 1.14 bits per heavy atom. The zero-order valence-electron chi connectivity index (χ0n) is 13.7. The van der Waals surface area contributed by atoms with Gasteiger partial charge in [0, 0.05) is 31.2 Å². The van der Waals surface area contributed by atoms with E-state index < -0.39 is 9.84 Å². The fourth-order valence-electron chi connectivity index (χ4n) is 2.77. The summed E-state index contributed by atoms with van der Waals surface area (Å²) in [6, 6.07) is 0.0435. The van der Waals surface area contributed by atoms with Crippen LogP contribution in [-0.4, -0.2) is 43.8 Å².